The maximum Gasteiger partial charge on any atom is 0.317 e. The van der Waals surface area contributed by atoms with Crippen LogP contribution in [-0.2, 0) is 16.0 Å². The highest BCUT2D eigenvalue weighted by Gasteiger charge is 2.24. The largest absolute Gasteiger partial charge is 0.483 e. The van der Waals surface area contributed by atoms with Crippen molar-refractivity contribution < 1.29 is 19.5 Å². The van der Waals surface area contributed by atoms with E-state index in [-0.39, 0.29) is 24.5 Å². The van der Waals surface area contributed by atoms with Crippen LogP contribution in [0.3, 0.4) is 0 Å². The molecule has 1 aromatic carbocycles. The van der Waals surface area contributed by atoms with Crippen LogP contribution < -0.4 is 5.32 Å². The van der Waals surface area contributed by atoms with E-state index in [4.69, 9.17) is 9.90 Å². The van der Waals surface area contributed by atoms with E-state index in [2.05, 4.69) is 40.5 Å². The van der Waals surface area contributed by atoms with Gasteiger partial charge in [0.15, 0.2) is 0 Å². The Morgan fingerprint density at radius 1 is 1.03 bits per heavy atom. The van der Waals surface area contributed by atoms with Crippen LogP contribution in [0.1, 0.15) is 31.7 Å². The van der Waals surface area contributed by atoms with Gasteiger partial charge in [0.05, 0.1) is 0 Å². The van der Waals surface area contributed by atoms with Crippen molar-refractivity contribution in [3.05, 3.63) is 35.9 Å². The van der Waals surface area contributed by atoms with Crippen molar-refractivity contribution in [1.29, 1.82) is 0 Å². The number of benzene rings is 1. The number of carboxylic acid groups (broad SMARTS) is 1. The zero-order valence-corrected chi connectivity index (χ0v) is 17.8. The van der Waals surface area contributed by atoms with Gasteiger partial charge in [0.2, 0.25) is 5.91 Å². The predicted octanol–water partition coefficient (Wildman–Crippen LogP) is 1.66. The molecule has 1 aromatic rings. The van der Waals surface area contributed by atoms with Crippen molar-refractivity contribution in [2.75, 3.05) is 45.8 Å². The van der Waals surface area contributed by atoms with Gasteiger partial charge in [0.25, 0.3) is 6.47 Å². The second kappa shape index (κ2) is 12.8. The van der Waals surface area contributed by atoms with Crippen molar-refractivity contribution in [3.8, 4) is 0 Å². The number of amides is 3. The molecule has 0 unspecified atom stereocenters. The van der Waals surface area contributed by atoms with E-state index in [0.717, 1.165) is 58.4 Å². The number of nitrogens with zero attached hydrogens (tertiary/aromatic N) is 3. The lowest BCUT2D eigenvalue weighted by molar-refractivity contribution is -0.128. The second-order valence-electron chi connectivity index (χ2n) is 7.75. The minimum Gasteiger partial charge on any atom is -0.483 e. The Hall–Kier alpha value is -2.61. The number of nitrogens with one attached hydrogen (secondary N) is 1. The highest BCUT2D eigenvalue weighted by molar-refractivity contribution is 5.75. The number of likely N-dealkylation sites (tertiary alicyclic amines) is 1. The van der Waals surface area contributed by atoms with Crippen LogP contribution in [0.5, 0.6) is 0 Å². The topological polar surface area (TPSA) is 93.2 Å². The third-order valence-corrected chi connectivity index (χ3v) is 5.70. The number of hydrogen-bond acceptors (Lipinski definition) is 4. The van der Waals surface area contributed by atoms with Crippen LogP contribution in [0.4, 0.5) is 4.79 Å². The van der Waals surface area contributed by atoms with Gasteiger partial charge in [-0.1, -0.05) is 30.3 Å². The van der Waals surface area contributed by atoms with E-state index >= 15 is 0 Å². The van der Waals surface area contributed by atoms with E-state index < -0.39 is 0 Å². The molecule has 2 N–H and O–H groups in total. The van der Waals surface area contributed by atoms with Crippen molar-refractivity contribution in [2.24, 2.45) is 0 Å². The molecule has 0 saturated carbocycles. The zero-order valence-electron chi connectivity index (χ0n) is 17.8. The molecule has 3 rings (SSSR count). The molecular weight excluding hydrogens is 384 g/mol. The molecule has 0 aromatic heterocycles. The number of piperidine rings is 1. The predicted molar refractivity (Wildman–Crippen MR) is 115 cm³/mol. The quantitative estimate of drug-likeness (QED) is 0.726. The molecule has 0 spiro atoms. The Balaban J connectivity index is 0.00000101. The van der Waals surface area contributed by atoms with Crippen LogP contribution in [0, 0.1) is 0 Å². The second-order valence-corrected chi connectivity index (χ2v) is 7.75. The zero-order chi connectivity index (χ0) is 21.8. The number of urea groups is 1. The van der Waals surface area contributed by atoms with Crippen LogP contribution in [0.25, 0.3) is 0 Å². The molecule has 2 aliphatic rings. The molecule has 3 amide bonds. The smallest absolute Gasteiger partial charge is 0.317 e. The van der Waals surface area contributed by atoms with Crippen molar-refractivity contribution in [2.45, 2.75) is 38.6 Å². The fourth-order valence-corrected chi connectivity index (χ4v) is 3.93. The molecule has 0 radical (unpaired) electrons. The summed E-state index contributed by atoms with van der Waals surface area (Å²) in [5, 5.41) is 10.1. The normalized spacial score (nSPS) is 18.0. The number of hydrogen-bond donors (Lipinski definition) is 2. The molecule has 166 valence electrons. The number of carbonyl (C=O) groups is 3. The van der Waals surface area contributed by atoms with Gasteiger partial charge in [0, 0.05) is 58.8 Å². The molecule has 0 aliphatic carbocycles. The highest BCUT2D eigenvalue weighted by atomic mass is 16.3. The number of rotatable bonds is 4. The van der Waals surface area contributed by atoms with E-state index in [0.29, 0.717) is 13.1 Å². The summed E-state index contributed by atoms with van der Waals surface area (Å²) in [5.74, 6) is 0.0973. The molecule has 8 heteroatoms. The fraction of sp³-hybridized carbons (Fsp3) is 0.591. The first-order valence-electron chi connectivity index (χ1n) is 10.7. The minimum absolute atomic E-state index is 0.0307. The summed E-state index contributed by atoms with van der Waals surface area (Å²) in [5.41, 5.74) is 1.38. The van der Waals surface area contributed by atoms with Crippen molar-refractivity contribution in [1.82, 2.24) is 20.0 Å². The molecule has 0 atom stereocenters. The molecule has 8 nitrogen and oxygen atoms in total. The summed E-state index contributed by atoms with van der Waals surface area (Å²) in [7, 11) is 0. The van der Waals surface area contributed by atoms with E-state index in [1.165, 1.54) is 5.56 Å². The van der Waals surface area contributed by atoms with Gasteiger partial charge in [-0.15, -0.1) is 0 Å². The van der Waals surface area contributed by atoms with Gasteiger partial charge in [-0.25, -0.2) is 4.79 Å². The molecular formula is C22H34N4O4. The van der Waals surface area contributed by atoms with Crippen LogP contribution in [0.2, 0.25) is 0 Å². The third kappa shape index (κ3) is 8.02. The molecule has 2 fully saturated rings. The van der Waals surface area contributed by atoms with Crippen molar-refractivity contribution in [3.63, 3.8) is 0 Å². The van der Waals surface area contributed by atoms with Crippen molar-refractivity contribution >= 4 is 18.4 Å². The van der Waals surface area contributed by atoms with Gasteiger partial charge in [0.1, 0.15) is 0 Å². The maximum atomic E-state index is 12.6. The fourth-order valence-electron chi connectivity index (χ4n) is 3.93. The van der Waals surface area contributed by atoms with E-state index in [9.17, 15) is 9.59 Å². The lowest BCUT2D eigenvalue weighted by Crippen LogP contribution is -2.50. The van der Waals surface area contributed by atoms with Gasteiger partial charge in [-0.05, 0) is 31.2 Å². The lowest BCUT2D eigenvalue weighted by Gasteiger charge is -2.33. The summed E-state index contributed by atoms with van der Waals surface area (Å²) >= 11 is 0. The van der Waals surface area contributed by atoms with Gasteiger partial charge in [-0.2, -0.15) is 0 Å². The van der Waals surface area contributed by atoms with Crippen LogP contribution in [0.15, 0.2) is 30.3 Å². The van der Waals surface area contributed by atoms with Gasteiger partial charge in [-0.3, -0.25) is 9.59 Å². The Morgan fingerprint density at radius 3 is 2.27 bits per heavy atom. The average molecular weight is 419 g/mol. The standard InChI is InChI=1S/C21H32N4O2.CH2O2/c1-18(26)24-11-5-12-25(17-16-24)21(27)22-20-9-14-23(15-10-20)13-8-19-6-3-2-4-7-19;2-1-3/h2-4,6-7,20H,5,8-17H2,1H3,(H,22,27);1H,(H,2,3). The van der Waals surface area contributed by atoms with Crippen LogP contribution in [-0.4, -0.2) is 90.1 Å². The first kappa shape index (κ1) is 23.7. The Kier molecular flexibility index (Phi) is 10.1. The first-order chi connectivity index (χ1) is 14.5. The van der Waals surface area contributed by atoms with Gasteiger partial charge >= 0.3 is 6.03 Å². The summed E-state index contributed by atoms with van der Waals surface area (Å²) in [6, 6.07) is 10.9. The van der Waals surface area contributed by atoms with E-state index in [1.54, 1.807) is 6.92 Å². The monoisotopic (exact) mass is 418 g/mol. The van der Waals surface area contributed by atoms with Gasteiger partial charge < -0.3 is 25.1 Å². The summed E-state index contributed by atoms with van der Waals surface area (Å²) < 4.78 is 0. The lowest BCUT2D eigenvalue weighted by atomic mass is 10.0. The molecule has 2 heterocycles. The van der Waals surface area contributed by atoms with E-state index in [1.807, 2.05) is 9.80 Å². The Bertz CT molecular complexity index is 662. The SMILES string of the molecule is CC(=O)N1CCCN(C(=O)NC2CCN(CCc3ccccc3)CC2)CC1.O=CO. The van der Waals surface area contributed by atoms with Crippen LogP contribution >= 0.6 is 0 Å². The summed E-state index contributed by atoms with van der Waals surface area (Å²) in [4.78, 5) is 38.7. The molecule has 0 bridgehead atoms. The Labute approximate surface area is 178 Å². The minimum atomic E-state index is -0.250. The molecule has 2 aliphatic heterocycles. The molecule has 2 saturated heterocycles. The highest BCUT2D eigenvalue weighted by Crippen LogP contribution is 2.13. The summed E-state index contributed by atoms with van der Waals surface area (Å²) in [6.45, 7) is 7.25. The maximum absolute atomic E-state index is 12.6. The first-order valence-corrected chi connectivity index (χ1v) is 10.7. The third-order valence-electron chi connectivity index (χ3n) is 5.70. The number of carbonyl (C=O) groups excluding carboxylic acids is 2. The Morgan fingerprint density at radius 2 is 1.63 bits per heavy atom. The molecule has 30 heavy (non-hydrogen) atoms. The average Bonchev–Trinajstić information content (AvgIpc) is 3.01. The summed E-state index contributed by atoms with van der Waals surface area (Å²) in [6.07, 6.45) is 3.95.